The predicted octanol–water partition coefficient (Wildman–Crippen LogP) is -0.626. The molecular formula is C10H23N3O3. The number of amides is 1. The number of rotatable bonds is 9. The van der Waals surface area contributed by atoms with E-state index < -0.39 is 12.2 Å². The molecule has 0 aromatic heterocycles. The number of carbonyl (C=O) groups is 1. The van der Waals surface area contributed by atoms with E-state index in [2.05, 4.69) is 28.8 Å². The van der Waals surface area contributed by atoms with Gasteiger partial charge in [-0.15, -0.1) is 0 Å². The Balaban J connectivity index is 3.42. The normalized spacial score (nSPS) is 12.8. The third-order valence-electron chi connectivity index (χ3n) is 2.27. The second kappa shape index (κ2) is 9.38. The molecule has 96 valence electrons. The first-order valence-corrected chi connectivity index (χ1v) is 5.63. The summed E-state index contributed by atoms with van der Waals surface area (Å²) in [6.07, 6.45) is -1.18. The lowest BCUT2D eigenvalue weighted by Crippen LogP contribution is -2.39. The molecule has 0 bridgehead atoms. The Morgan fingerprint density at radius 1 is 1.50 bits per heavy atom. The van der Waals surface area contributed by atoms with Crippen molar-refractivity contribution in [1.29, 1.82) is 0 Å². The molecule has 0 aliphatic heterocycles. The van der Waals surface area contributed by atoms with Gasteiger partial charge in [0.15, 0.2) is 0 Å². The molecule has 0 heterocycles. The van der Waals surface area contributed by atoms with Crippen molar-refractivity contribution in [2.24, 2.45) is 5.73 Å². The zero-order chi connectivity index (χ0) is 12.4. The third kappa shape index (κ3) is 8.46. The molecule has 0 saturated carbocycles. The minimum absolute atomic E-state index is 0.229. The summed E-state index contributed by atoms with van der Waals surface area (Å²) in [6, 6.07) is 0. The minimum atomic E-state index is -0.773. The Bertz CT molecular complexity index is 186. The lowest BCUT2D eigenvalue weighted by Gasteiger charge is -2.21. The zero-order valence-electron chi connectivity index (χ0n) is 10.1. The Hall–Kier alpha value is -0.850. The van der Waals surface area contributed by atoms with Crippen LogP contribution < -0.4 is 11.1 Å². The number of hydrogen-bond acceptors (Lipinski definition) is 5. The lowest BCUT2D eigenvalue weighted by atomic mass is 10.3. The van der Waals surface area contributed by atoms with Crippen LogP contribution in [0.25, 0.3) is 0 Å². The maximum atomic E-state index is 10.2. The molecule has 6 nitrogen and oxygen atoms in total. The van der Waals surface area contributed by atoms with Crippen LogP contribution in [0.2, 0.25) is 0 Å². The molecule has 0 aliphatic carbocycles. The molecule has 4 N–H and O–H groups in total. The average molecular weight is 233 g/mol. The van der Waals surface area contributed by atoms with Gasteiger partial charge in [0.25, 0.3) is 0 Å². The maximum Gasteiger partial charge on any atom is 0.404 e. The van der Waals surface area contributed by atoms with Crippen LogP contribution in [-0.4, -0.2) is 61.5 Å². The summed E-state index contributed by atoms with van der Waals surface area (Å²) in [5.41, 5.74) is 4.79. The highest BCUT2D eigenvalue weighted by Crippen LogP contribution is 1.90. The maximum absolute atomic E-state index is 10.2. The van der Waals surface area contributed by atoms with Gasteiger partial charge in [-0.05, 0) is 13.1 Å². The number of carbonyl (C=O) groups excluding carboxylic acids is 1. The van der Waals surface area contributed by atoms with Gasteiger partial charge in [0.1, 0.15) is 6.61 Å². The molecular weight excluding hydrogens is 210 g/mol. The summed E-state index contributed by atoms with van der Waals surface area (Å²) in [5, 5.41) is 12.6. The van der Waals surface area contributed by atoms with E-state index in [0.717, 1.165) is 13.1 Å². The molecule has 0 aromatic carbocycles. The van der Waals surface area contributed by atoms with E-state index in [1.165, 1.54) is 0 Å². The number of aliphatic hydroxyl groups excluding tert-OH is 1. The average Bonchev–Trinajstić information content (AvgIpc) is 2.25. The van der Waals surface area contributed by atoms with Crippen LogP contribution in [0.15, 0.2) is 0 Å². The first kappa shape index (κ1) is 15.2. The largest absolute Gasteiger partial charge is 0.448 e. The number of nitrogens with two attached hydrogens (primary N) is 1. The van der Waals surface area contributed by atoms with Crippen LogP contribution >= 0.6 is 0 Å². The van der Waals surface area contributed by atoms with Gasteiger partial charge in [-0.3, -0.25) is 0 Å². The third-order valence-corrected chi connectivity index (χ3v) is 2.27. The van der Waals surface area contributed by atoms with Crippen LogP contribution in [0.1, 0.15) is 13.8 Å². The second-order valence-corrected chi connectivity index (χ2v) is 3.51. The summed E-state index contributed by atoms with van der Waals surface area (Å²) in [4.78, 5) is 12.4. The van der Waals surface area contributed by atoms with Crippen molar-refractivity contribution in [3.05, 3.63) is 0 Å². The Labute approximate surface area is 96.7 Å². The van der Waals surface area contributed by atoms with Crippen molar-refractivity contribution < 1.29 is 14.6 Å². The fraction of sp³-hybridized carbons (Fsp3) is 0.900. The van der Waals surface area contributed by atoms with Crippen molar-refractivity contribution in [2.75, 3.05) is 39.3 Å². The van der Waals surface area contributed by atoms with Crippen LogP contribution in [0.5, 0.6) is 0 Å². The molecule has 0 saturated heterocycles. The monoisotopic (exact) mass is 233 g/mol. The van der Waals surface area contributed by atoms with Gasteiger partial charge in [-0.25, -0.2) is 4.79 Å². The summed E-state index contributed by atoms with van der Waals surface area (Å²) in [7, 11) is 0. The summed E-state index contributed by atoms with van der Waals surface area (Å²) in [6.45, 7) is 7.84. The molecule has 0 spiro atoms. The number of likely N-dealkylation sites (N-methyl/N-ethyl adjacent to an activating group) is 1. The highest BCUT2D eigenvalue weighted by atomic mass is 16.5. The molecule has 1 amide bonds. The molecule has 0 radical (unpaired) electrons. The molecule has 1 unspecified atom stereocenters. The number of primary amides is 1. The molecule has 6 heteroatoms. The molecule has 0 aliphatic rings. The molecule has 0 aromatic rings. The van der Waals surface area contributed by atoms with Crippen LogP contribution in [-0.2, 0) is 4.74 Å². The Kier molecular flexibility index (Phi) is 8.88. The first-order valence-electron chi connectivity index (χ1n) is 5.63. The summed E-state index contributed by atoms with van der Waals surface area (Å²) < 4.78 is 4.53. The SMILES string of the molecule is CCN(CC)CC(O)CNCCOC(N)=O. The fourth-order valence-corrected chi connectivity index (χ4v) is 1.34. The first-order chi connectivity index (χ1) is 7.60. The van der Waals surface area contributed by atoms with Crippen LogP contribution in [0.3, 0.4) is 0 Å². The second-order valence-electron chi connectivity index (χ2n) is 3.51. The van der Waals surface area contributed by atoms with Crippen molar-refractivity contribution in [3.63, 3.8) is 0 Å². The van der Waals surface area contributed by atoms with Gasteiger partial charge in [0.2, 0.25) is 0 Å². The van der Waals surface area contributed by atoms with Crippen molar-refractivity contribution in [2.45, 2.75) is 20.0 Å². The topological polar surface area (TPSA) is 87.8 Å². The molecule has 0 fully saturated rings. The number of nitrogens with zero attached hydrogens (tertiary/aromatic N) is 1. The summed E-state index contributed by atoms with van der Waals surface area (Å²) in [5.74, 6) is 0. The van der Waals surface area contributed by atoms with E-state index in [9.17, 15) is 9.90 Å². The van der Waals surface area contributed by atoms with Crippen LogP contribution in [0, 0.1) is 0 Å². The van der Waals surface area contributed by atoms with E-state index >= 15 is 0 Å². The Morgan fingerprint density at radius 2 is 2.12 bits per heavy atom. The highest BCUT2D eigenvalue weighted by Gasteiger charge is 2.07. The highest BCUT2D eigenvalue weighted by molar-refractivity contribution is 5.64. The number of nitrogens with one attached hydrogen (secondary N) is 1. The predicted molar refractivity (Wildman–Crippen MR) is 62.2 cm³/mol. The number of ether oxygens (including phenoxy) is 1. The van der Waals surface area contributed by atoms with E-state index in [-0.39, 0.29) is 6.61 Å². The Morgan fingerprint density at radius 3 is 2.62 bits per heavy atom. The molecule has 0 rings (SSSR count). The zero-order valence-corrected chi connectivity index (χ0v) is 10.1. The number of aliphatic hydroxyl groups is 1. The lowest BCUT2D eigenvalue weighted by molar-refractivity contribution is 0.113. The van der Waals surface area contributed by atoms with Crippen molar-refractivity contribution in [3.8, 4) is 0 Å². The minimum Gasteiger partial charge on any atom is -0.448 e. The number of hydrogen-bond donors (Lipinski definition) is 3. The smallest absolute Gasteiger partial charge is 0.404 e. The van der Waals surface area contributed by atoms with E-state index in [4.69, 9.17) is 5.73 Å². The van der Waals surface area contributed by atoms with Crippen molar-refractivity contribution in [1.82, 2.24) is 10.2 Å². The molecule has 16 heavy (non-hydrogen) atoms. The van der Waals surface area contributed by atoms with Gasteiger partial charge in [-0.2, -0.15) is 0 Å². The fourth-order valence-electron chi connectivity index (χ4n) is 1.34. The van der Waals surface area contributed by atoms with Crippen molar-refractivity contribution >= 4 is 6.09 Å². The summed E-state index contributed by atoms with van der Waals surface area (Å²) >= 11 is 0. The van der Waals surface area contributed by atoms with E-state index in [0.29, 0.717) is 19.6 Å². The van der Waals surface area contributed by atoms with Gasteiger partial charge >= 0.3 is 6.09 Å². The quantitative estimate of drug-likeness (QED) is 0.462. The molecule has 1 atom stereocenters. The van der Waals surface area contributed by atoms with Gasteiger partial charge in [-0.1, -0.05) is 13.8 Å². The van der Waals surface area contributed by atoms with Gasteiger partial charge in [0, 0.05) is 19.6 Å². The van der Waals surface area contributed by atoms with E-state index in [1.54, 1.807) is 0 Å². The van der Waals surface area contributed by atoms with Gasteiger partial charge in [0.05, 0.1) is 6.10 Å². The van der Waals surface area contributed by atoms with E-state index in [1.807, 2.05) is 0 Å². The standard InChI is InChI=1S/C10H23N3O3/c1-3-13(4-2)8-9(14)7-12-5-6-16-10(11)15/h9,12,14H,3-8H2,1-2H3,(H2,11,15). The van der Waals surface area contributed by atoms with Gasteiger partial charge < -0.3 is 25.8 Å². The van der Waals surface area contributed by atoms with Crippen LogP contribution in [0.4, 0.5) is 4.79 Å².